The molecule has 4 nitrogen and oxygen atoms in total. The summed E-state index contributed by atoms with van der Waals surface area (Å²) in [5, 5.41) is 3.06. The molecule has 2 atom stereocenters. The molecule has 2 aliphatic rings. The van der Waals surface area contributed by atoms with Crippen LogP contribution in [0.3, 0.4) is 0 Å². The van der Waals surface area contributed by atoms with Gasteiger partial charge in [0, 0.05) is 12.0 Å². The van der Waals surface area contributed by atoms with E-state index in [0.717, 1.165) is 50.0 Å². The molecule has 3 rings (SSSR count). The van der Waals surface area contributed by atoms with Gasteiger partial charge in [-0.05, 0) is 57.1 Å². The van der Waals surface area contributed by atoms with Crippen molar-refractivity contribution in [1.29, 1.82) is 0 Å². The van der Waals surface area contributed by atoms with Crippen molar-refractivity contribution in [2.45, 2.75) is 63.5 Å². The molecule has 2 aliphatic carbocycles. The number of nitrogens with one attached hydrogen (secondary N) is 1. The first-order valence-electron chi connectivity index (χ1n) is 8.54. The summed E-state index contributed by atoms with van der Waals surface area (Å²) in [5.74, 6) is 0.906. The van der Waals surface area contributed by atoms with E-state index >= 15 is 0 Å². The maximum atomic E-state index is 12.5. The van der Waals surface area contributed by atoms with E-state index in [-0.39, 0.29) is 30.3 Å². The van der Waals surface area contributed by atoms with Crippen molar-refractivity contribution in [2.75, 3.05) is 5.32 Å². The summed E-state index contributed by atoms with van der Waals surface area (Å²) < 4.78 is 6.08. The third-order valence-electron chi connectivity index (χ3n) is 4.83. The smallest absolute Gasteiger partial charge is 0.227 e. The molecule has 0 bridgehead atoms. The highest BCUT2D eigenvalue weighted by molar-refractivity contribution is 5.94. The lowest BCUT2D eigenvalue weighted by molar-refractivity contribution is -0.120. The lowest BCUT2D eigenvalue weighted by atomic mass is 9.85. The Hall–Kier alpha value is -1.26. The molecule has 2 unspecified atom stereocenters. The largest absolute Gasteiger partial charge is 0.488 e. The van der Waals surface area contributed by atoms with Crippen molar-refractivity contribution < 1.29 is 9.53 Å². The van der Waals surface area contributed by atoms with Crippen LogP contribution < -0.4 is 15.8 Å². The SMILES string of the molecule is Cl.NC1CCCC(C(=O)Nc2ccccc2OC2CCCC2)C1. The fourth-order valence-electron chi connectivity index (χ4n) is 3.56. The van der Waals surface area contributed by atoms with Crippen LogP contribution in [0.25, 0.3) is 0 Å². The van der Waals surface area contributed by atoms with Crippen LogP contribution in [0.15, 0.2) is 24.3 Å². The minimum absolute atomic E-state index is 0. The Morgan fingerprint density at radius 1 is 1.09 bits per heavy atom. The van der Waals surface area contributed by atoms with E-state index in [4.69, 9.17) is 10.5 Å². The molecule has 2 fully saturated rings. The van der Waals surface area contributed by atoms with E-state index < -0.39 is 0 Å². The molecule has 23 heavy (non-hydrogen) atoms. The second-order valence-electron chi connectivity index (χ2n) is 6.63. The molecule has 0 spiro atoms. The maximum Gasteiger partial charge on any atom is 0.227 e. The molecule has 0 aromatic heterocycles. The van der Waals surface area contributed by atoms with Gasteiger partial charge >= 0.3 is 0 Å². The number of halogens is 1. The minimum atomic E-state index is 0. The fourth-order valence-corrected chi connectivity index (χ4v) is 3.56. The molecule has 3 N–H and O–H groups in total. The molecule has 2 saturated carbocycles. The quantitative estimate of drug-likeness (QED) is 0.875. The predicted octanol–water partition coefficient (Wildman–Crippen LogP) is 3.89. The number of hydrogen-bond acceptors (Lipinski definition) is 3. The second kappa shape index (κ2) is 8.55. The van der Waals surface area contributed by atoms with E-state index in [9.17, 15) is 4.79 Å². The van der Waals surface area contributed by atoms with E-state index in [1.54, 1.807) is 0 Å². The van der Waals surface area contributed by atoms with Gasteiger partial charge in [0.1, 0.15) is 5.75 Å². The van der Waals surface area contributed by atoms with Crippen molar-refractivity contribution in [3.8, 4) is 5.75 Å². The van der Waals surface area contributed by atoms with Gasteiger partial charge in [-0.2, -0.15) is 0 Å². The summed E-state index contributed by atoms with van der Waals surface area (Å²) in [7, 11) is 0. The minimum Gasteiger partial charge on any atom is -0.488 e. The molecule has 1 aromatic carbocycles. The highest BCUT2D eigenvalue weighted by Crippen LogP contribution is 2.31. The zero-order chi connectivity index (χ0) is 15.4. The van der Waals surface area contributed by atoms with Gasteiger partial charge in [0.15, 0.2) is 0 Å². The van der Waals surface area contributed by atoms with Crippen molar-refractivity contribution >= 4 is 24.0 Å². The van der Waals surface area contributed by atoms with Gasteiger partial charge in [0.05, 0.1) is 11.8 Å². The summed E-state index contributed by atoms with van der Waals surface area (Å²) in [4.78, 5) is 12.5. The molecule has 1 amide bonds. The number of hydrogen-bond donors (Lipinski definition) is 2. The molecule has 0 heterocycles. The Labute approximate surface area is 144 Å². The van der Waals surface area contributed by atoms with E-state index in [0.29, 0.717) is 6.10 Å². The second-order valence-corrected chi connectivity index (χ2v) is 6.63. The van der Waals surface area contributed by atoms with Gasteiger partial charge in [-0.15, -0.1) is 12.4 Å². The highest BCUT2D eigenvalue weighted by Gasteiger charge is 2.26. The standard InChI is InChI=1S/C18H26N2O2.ClH/c19-14-7-5-6-13(12-14)18(21)20-16-10-3-4-11-17(16)22-15-8-1-2-9-15;/h3-4,10-11,13-15H,1-2,5-9,12,19H2,(H,20,21);1H. The zero-order valence-corrected chi connectivity index (χ0v) is 14.3. The first-order valence-corrected chi connectivity index (χ1v) is 8.54. The van der Waals surface area contributed by atoms with Crippen LogP contribution in [0.1, 0.15) is 51.4 Å². The number of carbonyl (C=O) groups is 1. The van der Waals surface area contributed by atoms with Crippen LogP contribution in [0.5, 0.6) is 5.75 Å². The molecule has 0 aliphatic heterocycles. The van der Waals surface area contributed by atoms with Crippen LogP contribution in [-0.2, 0) is 4.79 Å². The van der Waals surface area contributed by atoms with Gasteiger partial charge in [0.25, 0.3) is 0 Å². The van der Waals surface area contributed by atoms with Gasteiger partial charge in [-0.1, -0.05) is 18.6 Å². The van der Waals surface area contributed by atoms with Crippen LogP contribution in [0.2, 0.25) is 0 Å². The van der Waals surface area contributed by atoms with E-state index in [2.05, 4.69) is 5.32 Å². The van der Waals surface area contributed by atoms with Gasteiger partial charge in [0.2, 0.25) is 5.91 Å². The number of rotatable bonds is 4. The number of amides is 1. The number of anilines is 1. The third kappa shape index (κ3) is 4.85. The zero-order valence-electron chi connectivity index (χ0n) is 13.5. The van der Waals surface area contributed by atoms with E-state index in [1.807, 2.05) is 24.3 Å². The number of para-hydroxylation sites is 2. The highest BCUT2D eigenvalue weighted by atomic mass is 35.5. The predicted molar refractivity (Wildman–Crippen MR) is 95.1 cm³/mol. The number of carbonyl (C=O) groups excluding carboxylic acids is 1. The number of benzene rings is 1. The van der Waals surface area contributed by atoms with Crippen LogP contribution in [-0.4, -0.2) is 18.1 Å². The van der Waals surface area contributed by atoms with Crippen molar-refractivity contribution in [3.63, 3.8) is 0 Å². The molecular weight excluding hydrogens is 312 g/mol. The summed E-state index contributed by atoms with van der Waals surface area (Å²) in [5.41, 5.74) is 6.78. The van der Waals surface area contributed by atoms with Gasteiger partial charge in [-0.25, -0.2) is 0 Å². The van der Waals surface area contributed by atoms with Crippen molar-refractivity contribution in [2.24, 2.45) is 11.7 Å². The third-order valence-corrected chi connectivity index (χ3v) is 4.83. The fraction of sp³-hybridized carbons (Fsp3) is 0.611. The normalized spacial score (nSPS) is 24.7. The summed E-state index contributed by atoms with van der Waals surface area (Å²) in [6.45, 7) is 0. The van der Waals surface area contributed by atoms with Crippen LogP contribution in [0.4, 0.5) is 5.69 Å². The monoisotopic (exact) mass is 338 g/mol. The number of nitrogens with two attached hydrogens (primary N) is 1. The average Bonchev–Trinajstić information content (AvgIpc) is 3.02. The first kappa shape index (κ1) is 18.1. The lowest BCUT2D eigenvalue weighted by Gasteiger charge is -2.26. The Morgan fingerprint density at radius 2 is 1.83 bits per heavy atom. The maximum absolute atomic E-state index is 12.5. The molecule has 0 radical (unpaired) electrons. The molecular formula is C18H27ClN2O2. The lowest BCUT2D eigenvalue weighted by Crippen LogP contribution is -2.34. The van der Waals surface area contributed by atoms with Crippen molar-refractivity contribution in [3.05, 3.63) is 24.3 Å². The topological polar surface area (TPSA) is 64.4 Å². The first-order chi connectivity index (χ1) is 10.7. The van der Waals surface area contributed by atoms with Crippen LogP contribution in [0, 0.1) is 5.92 Å². The van der Waals surface area contributed by atoms with Crippen molar-refractivity contribution in [1.82, 2.24) is 0 Å². The molecule has 1 aromatic rings. The molecule has 0 saturated heterocycles. The van der Waals surface area contributed by atoms with Gasteiger partial charge in [-0.3, -0.25) is 4.79 Å². The number of ether oxygens (including phenoxy) is 1. The summed E-state index contributed by atoms with van der Waals surface area (Å²) in [6, 6.07) is 7.92. The van der Waals surface area contributed by atoms with Gasteiger partial charge < -0.3 is 15.8 Å². The van der Waals surface area contributed by atoms with E-state index in [1.165, 1.54) is 12.8 Å². The summed E-state index contributed by atoms with van der Waals surface area (Å²) in [6.07, 6.45) is 8.78. The van der Waals surface area contributed by atoms with Crippen LogP contribution >= 0.6 is 12.4 Å². The summed E-state index contributed by atoms with van der Waals surface area (Å²) >= 11 is 0. The molecule has 128 valence electrons. The Morgan fingerprint density at radius 3 is 2.57 bits per heavy atom. The average molecular weight is 339 g/mol. The Balaban J connectivity index is 0.00000192. The Kier molecular flexibility index (Phi) is 6.72. The Bertz CT molecular complexity index is 517. The molecule has 5 heteroatoms.